The Morgan fingerprint density at radius 1 is 0.964 bits per heavy atom. The van der Waals surface area contributed by atoms with Crippen LogP contribution in [0.2, 0.25) is 0 Å². The van der Waals surface area contributed by atoms with Gasteiger partial charge in [-0.15, -0.1) is 0 Å². The van der Waals surface area contributed by atoms with Crippen molar-refractivity contribution in [1.29, 1.82) is 0 Å². The van der Waals surface area contributed by atoms with Gasteiger partial charge >= 0.3 is 0 Å². The number of pyridine rings is 1. The van der Waals surface area contributed by atoms with E-state index >= 15 is 0 Å². The molecule has 2 saturated carbocycles. The van der Waals surface area contributed by atoms with Gasteiger partial charge in [0.1, 0.15) is 17.2 Å². The molecule has 14 nitrogen and oxygen atoms in total. The zero-order valence-corrected chi connectivity index (χ0v) is 32.1. The fourth-order valence-corrected chi connectivity index (χ4v) is 8.09. The first-order valence-electron chi connectivity index (χ1n) is 19.8. The van der Waals surface area contributed by atoms with Crippen LogP contribution in [0, 0.1) is 11.8 Å². The van der Waals surface area contributed by atoms with Gasteiger partial charge in [0.05, 0.1) is 46.7 Å². The van der Waals surface area contributed by atoms with E-state index in [0.29, 0.717) is 23.9 Å². The van der Waals surface area contributed by atoms with Crippen LogP contribution in [-0.2, 0) is 16.1 Å². The summed E-state index contributed by atoms with van der Waals surface area (Å²) in [6.07, 6.45) is 9.96. The summed E-state index contributed by atoms with van der Waals surface area (Å²) >= 11 is 0. The van der Waals surface area contributed by atoms with Crippen molar-refractivity contribution >= 4 is 29.1 Å². The molecule has 0 bridgehead atoms. The predicted octanol–water partition coefficient (Wildman–Crippen LogP) is 3.96. The van der Waals surface area contributed by atoms with Gasteiger partial charge in [0, 0.05) is 68.9 Å². The van der Waals surface area contributed by atoms with E-state index in [4.69, 9.17) is 21.5 Å². The van der Waals surface area contributed by atoms with E-state index in [9.17, 15) is 14.4 Å². The number of benzene rings is 1. The largest absolute Gasteiger partial charge is 0.393 e. The predicted molar refractivity (Wildman–Crippen MR) is 211 cm³/mol. The number of aromatic nitrogens is 3. The highest BCUT2D eigenvalue weighted by Crippen LogP contribution is 2.49. The number of carbonyl (C=O) groups excluding carboxylic acids is 3. The van der Waals surface area contributed by atoms with Crippen LogP contribution < -0.4 is 32.3 Å². The third kappa shape index (κ3) is 7.64. The molecule has 2 saturated heterocycles. The molecule has 5 heterocycles. The summed E-state index contributed by atoms with van der Waals surface area (Å²) in [5.74, 6) is 0.272. The Balaban J connectivity index is 1.01. The third-order valence-electron chi connectivity index (χ3n) is 11.7. The number of allylic oxidation sites excluding steroid dienone is 1. The lowest BCUT2D eigenvalue weighted by molar-refractivity contribution is -0.121. The molecule has 2 aliphatic carbocycles. The molecule has 4 fully saturated rings. The number of hydrogen-bond acceptors (Lipinski definition) is 10. The van der Waals surface area contributed by atoms with Gasteiger partial charge in [-0.05, 0) is 69.1 Å². The van der Waals surface area contributed by atoms with Crippen LogP contribution in [-0.4, -0.2) is 81.6 Å². The average molecular weight is 748 g/mol. The number of nitrogens with two attached hydrogens (primary N) is 2. The van der Waals surface area contributed by atoms with E-state index in [-0.39, 0.29) is 53.3 Å². The van der Waals surface area contributed by atoms with Crippen molar-refractivity contribution < 1.29 is 14.4 Å². The summed E-state index contributed by atoms with van der Waals surface area (Å²) in [7, 11) is 2.09. The van der Waals surface area contributed by atoms with Crippen LogP contribution in [0.4, 0.5) is 11.4 Å². The third-order valence-corrected chi connectivity index (χ3v) is 11.7. The summed E-state index contributed by atoms with van der Waals surface area (Å²) in [6, 6.07) is 12.2. The lowest BCUT2D eigenvalue weighted by Gasteiger charge is -2.43. The maximum atomic E-state index is 13.2. The number of nitrogens with one attached hydrogen (secondary N) is 3. The molecule has 0 spiro atoms. The fourth-order valence-electron chi connectivity index (χ4n) is 8.09. The second-order valence-corrected chi connectivity index (χ2v) is 16.0. The quantitative estimate of drug-likeness (QED) is 0.135. The molecule has 1 aromatic carbocycles. The van der Waals surface area contributed by atoms with Crippen molar-refractivity contribution in [3.63, 3.8) is 0 Å². The minimum absolute atomic E-state index is 0.00753. The molecule has 8 rings (SSSR count). The summed E-state index contributed by atoms with van der Waals surface area (Å²) in [5.41, 5.74) is 19.5. The maximum Gasteiger partial charge on any atom is 0.272 e. The van der Waals surface area contributed by atoms with Gasteiger partial charge in [0.2, 0.25) is 5.91 Å². The molecule has 3 aromatic rings. The SMILES string of the molecule is CCC1c2c(cnn2C2CN(Cc3cccc(C(=O)N4CCC(C)CC4)n3)C2)-c2cccc(NC(/C=C(\N)NC(=O)C3CC3)=C(/N)C(=O)NC3CC3)c2N1C. The molecular formula is C41H53N11O3. The smallest absolute Gasteiger partial charge is 0.272 e. The molecule has 2 aromatic heterocycles. The van der Waals surface area contributed by atoms with Crippen molar-refractivity contribution in [1.82, 2.24) is 35.2 Å². The maximum absolute atomic E-state index is 13.2. The van der Waals surface area contributed by atoms with E-state index in [1.54, 1.807) is 0 Å². The lowest BCUT2D eigenvalue weighted by Crippen LogP contribution is -2.48. The van der Waals surface area contributed by atoms with Crippen molar-refractivity contribution in [2.45, 2.75) is 83.5 Å². The van der Waals surface area contributed by atoms with Crippen LogP contribution in [0.5, 0.6) is 0 Å². The van der Waals surface area contributed by atoms with Crippen molar-refractivity contribution in [3.05, 3.63) is 83.0 Å². The molecule has 14 heteroatoms. The molecule has 1 atom stereocenters. The Labute approximate surface area is 322 Å². The van der Waals surface area contributed by atoms with Gasteiger partial charge < -0.3 is 37.2 Å². The molecule has 290 valence electrons. The highest BCUT2D eigenvalue weighted by atomic mass is 16.2. The summed E-state index contributed by atoms with van der Waals surface area (Å²) in [5, 5.41) is 14.1. The summed E-state index contributed by atoms with van der Waals surface area (Å²) < 4.78 is 2.20. The standard InChI is InChI=1S/C41H53N11O3/c1-4-34-38-30(20-44-52(38)28-22-50(23-28)21-27-7-5-10-32(45-27)41(55)51-17-15-24(2)16-18-51)29-8-6-9-31(37(29)49(34)3)47-33(36(43)40(54)46-26-13-14-26)19-35(42)48-39(53)25-11-12-25/h5-10,19-20,24-26,28,34,47H,4,11-18,21-23,42-43H2,1-3H3,(H,46,54)(H,48,53)/b35-19+,36-33+. The van der Waals surface area contributed by atoms with E-state index in [0.717, 1.165) is 99.3 Å². The zero-order chi connectivity index (χ0) is 38.4. The topological polar surface area (TPSA) is 180 Å². The first kappa shape index (κ1) is 36.6. The molecule has 7 N–H and O–H groups in total. The van der Waals surface area contributed by atoms with E-state index < -0.39 is 0 Å². The van der Waals surface area contributed by atoms with Crippen LogP contribution in [0.25, 0.3) is 11.1 Å². The Bertz CT molecular complexity index is 2030. The van der Waals surface area contributed by atoms with Crippen molar-refractivity contribution in [3.8, 4) is 11.1 Å². The Morgan fingerprint density at radius 2 is 1.71 bits per heavy atom. The van der Waals surface area contributed by atoms with Crippen LogP contribution in [0.15, 0.2) is 65.9 Å². The Morgan fingerprint density at radius 3 is 2.42 bits per heavy atom. The van der Waals surface area contributed by atoms with Crippen molar-refractivity contribution in [2.75, 3.05) is 43.4 Å². The van der Waals surface area contributed by atoms with Gasteiger partial charge in [-0.2, -0.15) is 5.10 Å². The van der Waals surface area contributed by atoms with E-state index in [2.05, 4.69) is 57.4 Å². The fraction of sp³-hybridized carbons (Fsp3) is 0.488. The van der Waals surface area contributed by atoms with E-state index in [1.165, 1.54) is 11.8 Å². The van der Waals surface area contributed by atoms with Gasteiger partial charge in [-0.25, -0.2) is 4.98 Å². The number of rotatable bonds is 12. The summed E-state index contributed by atoms with van der Waals surface area (Å²) in [6.45, 7) is 8.34. The van der Waals surface area contributed by atoms with Crippen LogP contribution in [0.3, 0.4) is 0 Å². The number of carbonyl (C=O) groups is 3. The highest BCUT2D eigenvalue weighted by molar-refractivity contribution is 5.97. The Hall–Kier alpha value is -5.37. The molecule has 5 aliphatic rings. The van der Waals surface area contributed by atoms with Gasteiger partial charge in [-0.3, -0.25) is 24.0 Å². The highest BCUT2D eigenvalue weighted by Gasteiger charge is 2.38. The van der Waals surface area contributed by atoms with Crippen LogP contribution >= 0.6 is 0 Å². The minimum Gasteiger partial charge on any atom is -0.393 e. The lowest BCUT2D eigenvalue weighted by atomic mass is 9.91. The molecule has 55 heavy (non-hydrogen) atoms. The van der Waals surface area contributed by atoms with Crippen LogP contribution in [0.1, 0.15) is 92.8 Å². The second kappa shape index (κ2) is 15.0. The number of likely N-dealkylation sites (tertiary alicyclic amines) is 2. The summed E-state index contributed by atoms with van der Waals surface area (Å²) in [4.78, 5) is 50.2. The first-order chi connectivity index (χ1) is 26.6. The molecule has 0 radical (unpaired) electrons. The number of fused-ring (bicyclic) bond motifs is 3. The normalized spacial score (nSPS) is 20.9. The number of anilines is 2. The van der Waals surface area contributed by atoms with Gasteiger partial charge in [0.15, 0.2) is 0 Å². The van der Waals surface area contributed by atoms with Gasteiger partial charge in [-0.1, -0.05) is 32.0 Å². The molecular weight excluding hydrogens is 695 g/mol. The number of amides is 3. The monoisotopic (exact) mass is 747 g/mol. The number of para-hydroxylation sites is 1. The van der Waals surface area contributed by atoms with E-state index in [1.807, 2.05) is 41.4 Å². The zero-order valence-electron chi connectivity index (χ0n) is 32.1. The number of hydrogen-bond donors (Lipinski definition) is 5. The second-order valence-electron chi connectivity index (χ2n) is 16.0. The van der Waals surface area contributed by atoms with Crippen molar-refractivity contribution in [2.24, 2.45) is 23.3 Å². The number of nitrogens with zero attached hydrogens (tertiary/aromatic N) is 6. The average Bonchev–Trinajstić information content (AvgIpc) is 4.11. The molecule has 3 amide bonds. The Kier molecular flexibility index (Phi) is 10.0. The minimum atomic E-state index is -0.380. The van der Waals surface area contributed by atoms with Gasteiger partial charge in [0.25, 0.3) is 11.8 Å². The first-order valence-corrected chi connectivity index (χ1v) is 19.8. The number of piperidine rings is 1. The molecule has 1 unspecified atom stereocenters. The molecule has 3 aliphatic heterocycles.